The van der Waals surface area contributed by atoms with Gasteiger partial charge in [0, 0.05) is 26.1 Å². The molecule has 0 radical (unpaired) electrons. The van der Waals surface area contributed by atoms with Gasteiger partial charge in [-0.25, -0.2) is 9.97 Å². The first-order valence-electron chi connectivity index (χ1n) is 7.48. The van der Waals surface area contributed by atoms with Gasteiger partial charge in [-0.15, -0.1) is 0 Å². The lowest BCUT2D eigenvalue weighted by Crippen LogP contribution is -2.29. The number of hydrogen-bond donors (Lipinski definition) is 1. The van der Waals surface area contributed by atoms with E-state index in [1.165, 1.54) is 0 Å². The molecule has 1 amide bonds. The van der Waals surface area contributed by atoms with Crippen molar-refractivity contribution < 1.29 is 4.79 Å². The first kappa shape index (κ1) is 13.1. The number of amides is 1. The molecule has 0 spiro atoms. The molecule has 1 aliphatic heterocycles. The van der Waals surface area contributed by atoms with Gasteiger partial charge in [0.2, 0.25) is 5.91 Å². The van der Waals surface area contributed by atoms with Crippen LogP contribution in [0, 0.1) is 6.92 Å². The van der Waals surface area contributed by atoms with Gasteiger partial charge < -0.3 is 10.2 Å². The molecule has 22 heavy (non-hydrogen) atoms. The van der Waals surface area contributed by atoms with E-state index >= 15 is 0 Å². The maximum atomic E-state index is 11.6. The highest BCUT2D eigenvalue weighted by atomic mass is 16.1. The third-order valence-electron chi connectivity index (χ3n) is 4.13. The van der Waals surface area contributed by atoms with Gasteiger partial charge in [0.15, 0.2) is 5.82 Å². The maximum Gasteiger partial charge on any atom is 0.221 e. The van der Waals surface area contributed by atoms with Crippen molar-refractivity contribution in [2.45, 2.75) is 13.3 Å². The van der Waals surface area contributed by atoms with Gasteiger partial charge in [-0.05, 0) is 19.1 Å². The molecule has 0 unspecified atom stereocenters. The summed E-state index contributed by atoms with van der Waals surface area (Å²) in [4.78, 5) is 23.0. The van der Waals surface area contributed by atoms with Crippen molar-refractivity contribution in [2.24, 2.45) is 0 Å². The summed E-state index contributed by atoms with van der Waals surface area (Å²) in [5.74, 6) is 1.94. The first-order chi connectivity index (χ1) is 10.7. The molecule has 0 aliphatic carbocycles. The molecular formula is C16H17N5O. The van der Waals surface area contributed by atoms with Gasteiger partial charge >= 0.3 is 0 Å². The van der Waals surface area contributed by atoms with Crippen LogP contribution < -0.4 is 10.2 Å². The number of carbonyl (C=O) groups is 1. The van der Waals surface area contributed by atoms with Crippen LogP contribution in [-0.4, -0.2) is 39.9 Å². The highest BCUT2D eigenvalue weighted by Gasteiger charge is 2.19. The van der Waals surface area contributed by atoms with E-state index < -0.39 is 0 Å². The van der Waals surface area contributed by atoms with Crippen LogP contribution in [0.15, 0.2) is 30.5 Å². The Balaban J connectivity index is 1.94. The predicted molar refractivity (Wildman–Crippen MR) is 85.1 cm³/mol. The minimum absolute atomic E-state index is 0.101. The number of fused-ring (bicyclic) bond motifs is 3. The van der Waals surface area contributed by atoms with Crippen LogP contribution in [0.4, 0.5) is 5.82 Å². The van der Waals surface area contributed by atoms with Gasteiger partial charge in [-0.3, -0.25) is 9.20 Å². The topological polar surface area (TPSA) is 62.5 Å². The van der Waals surface area contributed by atoms with Crippen molar-refractivity contribution >= 4 is 28.3 Å². The van der Waals surface area contributed by atoms with E-state index in [-0.39, 0.29) is 5.91 Å². The van der Waals surface area contributed by atoms with E-state index in [1.807, 2.05) is 31.3 Å². The summed E-state index contributed by atoms with van der Waals surface area (Å²) in [5, 5.41) is 2.90. The van der Waals surface area contributed by atoms with Crippen LogP contribution in [0.25, 0.3) is 16.6 Å². The molecule has 6 heteroatoms. The molecule has 3 heterocycles. The molecule has 2 aromatic heterocycles. The first-order valence-corrected chi connectivity index (χ1v) is 7.48. The van der Waals surface area contributed by atoms with Gasteiger partial charge in [-0.1, -0.05) is 12.1 Å². The fraction of sp³-hybridized carbons (Fsp3) is 0.312. The van der Waals surface area contributed by atoms with Crippen molar-refractivity contribution in [1.29, 1.82) is 0 Å². The lowest BCUT2D eigenvalue weighted by Gasteiger charge is -2.22. The van der Waals surface area contributed by atoms with Crippen molar-refractivity contribution in [3.05, 3.63) is 36.3 Å². The minimum atomic E-state index is 0.101. The average Bonchev–Trinajstić information content (AvgIpc) is 2.79. The van der Waals surface area contributed by atoms with Gasteiger partial charge in [0.25, 0.3) is 0 Å². The number of carbonyl (C=O) groups excluding carboxylic acids is 1. The molecule has 1 N–H and O–H groups in total. The van der Waals surface area contributed by atoms with Crippen LogP contribution >= 0.6 is 0 Å². The number of nitrogens with zero attached hydrogens (tertiary/aromatic N) is 4. The Hall–Kier alpha value is -2.63. The number of rotatable bonds is 1. The van der Waals surface area contributed by atoms with Crippen LogP contribution in [0.3, 0.4) is 0 Å². The number of aryl methyl sites for hydroxylation is 1. The van der Waals surface area contributed by atoms with E-state index in [2.05, 4.69) is 25.7 Å². The van der Waals surface area contributed by atoms with E-state index in [9.17, 15) is 4.79 Å². The molecule has 6 nitrogen and oxygen atoms in total. The van der Waals surface area contributed by atoms with Crippen LogP contribution in [0.2, 0.25) is 0 Å². The summed E-state index contributed by atoms with van der Waals surface area (Å²) < 4.78 is 2.14. The maximum absolute atomic E-state index is 11.6. The number of hydrogen-bond acceptors (Lipinski definition) is 4. The Morgan fingerprint density at radius 3 is 2.95 bits per heavy atom. The summed E-state index contributed by atoms with van der Waals surface area (Å²) in [6.45, 7) is 4.08. The normalized spacial score (nSPS) is 16.0. The molecule has 4 rings (SSSR count). The summed E-state index contributed by atoms with van der Waals surface area (Å²) >= 11 is 0. The van der Waals surface area contributed by atoms with E-state index in [0.717, 1.165) is 34.7 Å². The zero-order valence-electron chi connectivity index (χ0n) is 12.4. The van der Waals surface area contributed by atoms with Crippen LogP contribution in [0.1, 0.15) is 12.2 Å². The van der Waals surface area contributed by atoms with Crippen LogP contribution in [-0.2, 0) is 4.79 Å². The quantitative estimate of drug-likeness (QED) is 0.739. The van der Waals surface area contributed by atoms with Crippen molar-refractivity contribution in [3.8, 4) is 0 Å². The Labute approximate surface area is 127 Å². The molecule has 1 fully saturated rings. The molecule has 0 saturated carbocycles. The average molecular weight is 295 g/mol. The zero-order chi connectivity index (χ0) is 15.1. The van der Waals surface area contributed by atoms with Crippen LogP contribution in [0.5, 0.6) is 0 Å². The molecule has 112 valence electrons. The lowest BCUT2D eigenvalue weighted by atomic mass is 10.2. The number of anilines is 1. The SMILES string of the molecule is Cc1ncc2c(N3CCNC(=O)CC3)nc3ccccc3n12. The summed E-state index contributed by atoms with van der Waals surface area (Å²) in [7, 11) is 0. The summed E-state index contributed by atoms with van der Waals surface area (Å²) in [6, 6.07) is 8.07. The van der Waals surface area contributed by atoms with E-state index in [0.29, 0.717) is 19.5 Å². The third-order valence-corrected chi connectivity index (χ3v) is 4.13. The monoisotopic (exact) mass is 295 g/mol. The van der Waals surface area contributed by atoms with Crippen molar-refractivity contribution in [2.75, 3.05) is 24.5 Å². The van der Waals surface area contributed by atoms with Gasteiger partial charge in [-0.2, -0.15) is 0 Å². The van der Waals surface area contributed by atoms with E-state index in [1.54, 1.807) is 0 Å². The highest BCUT2D eigenvalue weighted by molar-refractivity contribution is 5.85. The second-order valence-corrected chi connectivity index (χ2v) is 5.54. The second-order valence-electron chi connectivity index (χ2n) is 5.54. The molecular weight excluding hydrogens is 278 g/mol. The predicted octanol–water partition coefficient (Wildman–Crippen LogP) is 1.52. The third kappa shape index (κ3) is 1.99. The standard InChI is InChI=1S/C16H17N5O/c1-11-18-10-14-16(20-8-6-15(22)17-7-9-20)19-12-4-2-3-5-13(12)21(11)14/h2-5,10H,6-9H2,1H3,(H,17,22). The minimum Gasteiger partial charge on any atom is -0.354 e. The molecule has 1 saturated heterocycles. The molecule has 1 aromatic carbocycles. The zero-order valence-corrected chi connectivity index (χ0v) is 12.4. The number of imidazole rings is 1. The Kier molecular flexibility index (Phi) is 2.96. The van der Waals surface area contributed by atoms with Gasteiger partial charge in [0.1, 0.15) is 11.3 Å². The number of benzene rings is 1. The van der Waals surface area contributed by atoms with E-state index in [4.69, 9.17) is 4.98 Å². The fourth-order valence-corrected chi connectivity index (χ4v) is 3.04. The Bertz CT molecular complexity index is 869. The molecule has 1 aliphatic rings. The van der Waals surface area contributed by atoms with Crippen molar-refractivity contribution in [1.82, 2.24) is 19.7 Å². The number of nitrogens with one attached hydrogen (secondary N) is 1. The number of aromatic nitrogens is 3. The summed E-state index contributed by atoms with van der Waals surface area (Å²) in [6.07, 6.45) is 2.36. The number of para-hydroxylation sites is 2. The molecule has 0 atom stereocenters. The largest absolute Gasteiger partial charge is 0.354 e. The Morgan fingerprint density at radius 1 is 1.18 bits per heavy atom. The Morgan fingerprint density at radius 2 is 2.05 bits per heavy atom. The smallest absolute Gasteiger partial charge is 0.221 e. The van der Waals surface area contributed by atoms with Gasteiger partial charge in [0.05, 0.1) is 17.2 Å². The molecule has 3 aromatic rings. The fourth-order valence-electron chi connectivity index (χ4n) is 3.04. The summed E-state index contributed by atoms with van der Waals surface area (Å²) in [5.41, 5.74) is 2.99. The lowest BCUT2D eigenvalue weighted by molar-refractivity contribution is -0.120. The van der Waals surface area contributed by atoms with Crippen molar-refractivity contribution in [3.63, 3.8) is 0 Å². The second kappa shape index (κ2) is 4.98. The highest BCUT2D eigenvalue weighted by Crippen LogP contribution is 2.26. The molecule has 0 bridgehead atoms.